The Morgan fingerprint density at radius 3 is 2.26 bits per heavy atom. The van der Waals surface area contributed by atoms with Gasteiger partial charge in [0.15, 0.2) is 0 Å². The van der Waals surface area contributed by atoms with E-state index in [0.717, 1.165) is 10.5 Å². The van der Waals surface area contributed by atoms with Crippen LogP contribution in [0.15, 0.2) is 42.5 Å². The number of nitrogens with one attached hydrogen (secondary N) is 1. The molecule has 0 radical (unpaired) electrons. The van der Waals surface area contributed by atoms with Crippen molar-refractivity contribution in [3.05, 3.63) is 64.7 Å². The fourth-order valence-electron chi connectivity index (χ4n) is 2.87. The molecule has 0 unspecified atom stereocenters. The third-order valence-corrected chi connectivity index (χ3v) is 4.37. The van der Waals surface area contributed by atoms with Crippen LogP contribution in [0.2, 0.25) is 0 Å². The number of imide groups is 1. The molecule has 0 saturated heterocycles. The van der Waals surface area contributed by atoms with Gasteiger partial charge in [0.05, 0.1) is 23.8 Å². The molecule has 1 N–H and O–H groups in total. The van der Waals surface area contributed by atoms with Gasteiger partial charge in [-0.05, 0) is 36.8 Å². The van der Waals surface area contributed by atoms with Crippen molar-refractivity contribution in [3.8, 4) is 0 Å². The molecule has 1 aliphatic rings. The average Bonchev–Trinajstić information content (AvgIpc) is 2.92. The van der Waals surface area contributed by atoms with Crippen LogP contribution in [0, 0.1) is 6.92 Å². The SMILES string of the molecule is COC(=O)c1ccc(C)c(NC(=O)CCN2C(=O)c3ccccc3C2=O)c1. The number of esters is 1. The Morgan fingerprint density at radius 1 is 1.04 bits per heavy atom. The molecule has 3 rings (SSSR count). The van der Waals surface area contributed by atoms with Crippen molar-refractivity contribution >= 4 is 29.4 Å². The smallest absolute Gasteiger partial charge is 0.337 e. The van der Waals surface area contributed by atoms with Crippen molar-refractivity contribution in [1.29, 1.82) is 0 Å². The van der Waals surface area contributed by atoms with E-state index < -0.39 is 17.8 Å². The molecule has 27 heavy (non-hydrogen) atoms. The first-order valence-electron chi connectivity index (χ1n) is 8.36. The van der Waals surface area contributed by atoms with Crippen LogP contribution < -0.4 is 5.32 Å². The summed E-state index contributed by atoms with van der Waals surface area (Å²) in [6.07, 6.45) is -0.0483. The molecule has 3 amide bonds. The van der Waals surface area contributed by atoms with Crippen molar-refractivity contribution in [2.24, 2.45) is 0 Å². The summed E-state index contributed by atoms with van der Waals surface area (Å²) in [5.41, 5.74) is 2.27. The van der Waals surface area contributed by atoms with Gasteiger partial charge in [0.25, 0.3) is 11.8 Å². The Hall–Kier alpha value is -3.48. The lowest BCUT2D eigenvalue weighted by molar-refractivity contribution is -0.116. The molecule has 0 fully saturated rings. The van der Waals surface area contributed by atoms with E-state index in [0.29, 0.717) is 22.4 Å². The number of methoxy groups -OCH3 is 1. The van der Waals surface area contributed by atoms with Gasteiger partial charge in [-0.25, -0.2) is 4.79 Å². The average molecular weight is 366 g/mol. The first-order chi connectivity index (χ1) is 12.9. The highest BCUT2D eigenvalue weighted by Gasteiger charge is 2.34. The number of amides is 3. The molecule has 0 saturated carbocycles. The molecule has 2 aromatic carbocycles. The predicted octanol–water partition coefficient (Wildman–Crippen LogP) is 2.41. The summed E-state index contributed by atoms with van der Waals surface area (Å²) >= 11 is 0. The van der Waals surface area contributed by atoms with Gasteiger partial charge in [0, 0.05) is 18.7 Å². The fraction of sp³-hybridized carbons (Fsp3) is 0.200. The normalized spacial score (nSPS) is 12.7. The lowest BCUT2D eigenvalue weighted by atomic mass is 10.1. The maximum Gasteiger partial charge on any atom is 0.337 e. The summed E-state index contributed by atoms with van der Waals surface area (Å²) in [5, 5.41) is 2.71. The second kappa shape index (κ2) is 7.41. The van der Waals surface area contributed by atoms with Crippen LogP contribution in [0.1, 0.15) is 43.1 Å². The number of benzene rings is 2. The van der Waals surface area contributed by atoms with Crippen molar-refractivity contribution < 1.29 is 23.9 Å². The Kier molecular flexibility index (Phi) is 5.03. The number of carbonyl (C=O) groups is 4. The zero-order valence-corrected chi connectivity index (χ0v) is 14.9. The largest absolute Gasteiger partial charge is 0.465 e. The minimum atomic E-state index is -0.503. The molecule has 0 atom stereocenters. The molecular formula is C20H18N2O5. The number of anilines is 1. The van der Waals surface area contributed by atoms with Gasteiger partial charge >= 0.3 is 5.97 Å². The summed E-state index contributed by atoms with van der Waals surface area (Å²) in [4.78, 5) is 49.6. The zero-order valence-electron chi connectivity index (χ0n) is 14.9. The molecule has 7 nitrogen and oxygen atoms in total. The molecule has 0 aliphatic carbocycles. The first-order valence-corrected chi connectivity index (χ1v) is 8.36. The van der Waals surface area contributed by atoms with Gasteiger partial charge in [-0.15, -0.1) is 0 Å². The number of hydrogen-bond acceptors (Lipinski definition) is 5. The van der Waals surface area contributed by atoms with Gasteiger partial charge in [-0.3, -0.25) is 19.3 Å². The number of fused-ring (bicyclic) bond motifs is 1. The highest BCUT2D eigenvalue weighted by Crippen LogP contribution is 2.23. The maximum atomic E-state index is 12.3. The maximum absolute atomic E-state index is 12.3. The van der Waals surface area contributed by atoms with E-state index in [4.69, 9.17) is 0 Å². The van der Waals surface area contributed by atoms with Crippen LogP contribution >= 0.6 is 0 Å². The Morgan fingerprint density at radius 2 is 1.67 bits per heavy atom. The third kappa shape index (κ3) is 3.57. The number of nitrogens with zero attached hydrogens (tertiary/aromatic N) is 1. The molecule has 0 bridgehead atoms. The minimum Gasteiger partial charge on any atom is -0.465 e. The summed E-state index contributed by atoms with van der Waals surface area (Å²) in [7, 11) is 1.28. The van der Waals surface area contributed by atoms with E-state index in [-0.39, 0.29) is 18.9 Å². The van der Waals surface area contributed by atoms with Crippen LogP contribution in [0.5, 0.6) is 0 Å². The Labute approximate surface area is 155 Å². The quantitative estimate of drug-likeness (QED) is 0.648. The van der Waals surface area contributed by atoms with E-state index in [1.54, 1.807) is 43.3 Å². The third-order valence-electron chi connectivity index (χ3n) is 4.37. The lowest BCUT2D eigenvalue weighted by Gasteiger charge is -2.14. The van der Waals surface area contributed by atoms with E-state index in [9.17, 15) is 19.2 Å². The van der Waals surface area contributed by atoms with Gasteiger partial charge in [-0.2, -0.15) is 0 Å². The molecule has 0 aromatic heterocycles. The van der Waals surface area contributed by atoms with Crippen LogP contribution in [-0.4, -0.2) is 42.2 Å². The number of carbonyl (C=O) groups excluding carboxylic acids is 4. The van der Waals surface area contributed by atoms with Gasteiger partial charge in [0.2, 0.25) is 5.91 Å². The van der Waals surface area contributed by atoms with Crippen molar-refractivity contribution in [1.82, 2.24) is 4.90 Å². The molecule has 7 heteroatoms. The zero-order chi connectivity index (χ0) is 19.6. The van der Waals surface area contributed by atoms with E-state index in [1.165, 1.54) is 13.2 Å². The van der Waals surface area contributed by atoms with Crippen molar-refractivity contribution in [2.45, 2.75) is 13.3 Å². The second-order valence-electron chi connectivity index (χ2n) is 6.13. The molecule has 138 valence electrons. The Bertz CT molecular complexity index is 916. The molecular weight excluding hydrogens is 348 g/mol. The van der Waals surface area contributed by atoms with Crippen LogP contribution in [0.25, 0.3) is 0 Å². The molecule has 1 aliphatic heterocycles. The number of hydrogen-bond donors (Lipinski definition) is 1. The molecule has 0 spiro atoms. The minimum absolute atomic E-state index is 0.0199. The second-order valence-corrected chi connectivity index (χ2v) is 6.13. The summed E-state index contributed by atoms with van der Waals surface area (Å²) in [5.74, 6) is -1.66. The lowest BCUT2D eigenvalue weighted by Crippen LogP contribution is -2.33. The first kappa shape index (κ1) is 18.3. The number of aryl methyl sites for hydroxylation is 1. The highest BCUT2D eigenvalue weighted by atomic mass is 16.5. The summed E-state index contributed by atoms with van der Waals surface area (Å²) in [6.45, 7) is 1.77. The Balaban J connectivity index is 1.65. The van der Waals surface area contributed by atoms with Gasteiger partial charge in [-0.1, -0.05) is 18.2 Å². The van der Waals surface area contributed by atoms with E-state index in [1.807, 2.05) is 0 Å². The predicted molar refractivity (Wildman–Crippen MR) is 97.6 cm³/mol. The standard InChI is InChI=1S/C20H18N2O5/c1-12-7-8-13(20(26)27-2)11-16(12)21-17(23)9-10-22-18(24)14-5-3-4-6-15(14)19(22)25/h3-8,11H,9-10H2,1-2H3,(H,21,23). The van der Waals surface area contributed by atoms with Crippen molar-refractivity contribution in [2.75, 3.05) is 19.0 Å². The highest BCUT2D eigenvalue weighted by molar-refractivity contribution is 6.21. The number of rotatable bonds is 5. The van der Waals surface area contributed by atoms with E-state index >= 15 is 0 Å². The van der Waals surface area contributed by atoms with Crippen LogP contribution in [0.4, 0.5) is 5.69 Å². The number of ether oxygens (including phenoxy) is 1. The summed E-state index contributed by atoms with van der Waals surface area (Å²) < 4.78 is 4.67. The van der Waals surface area contributed by atoms with Gasteiger partial charge < -0.3 is 10.1 Å². The summed E-state index contributed by atoms with van der Waals surface area (Å²) in [6, 6.07) is 11.4. The monoisotopic (exact) mass is 366 g/mol. The van der Waals surface area contributed by atoms with Crippen LogP contribution in [0.3, 0.4) is 0 Å². The van der Waals surface area contributed by atoms with Crippen LogP contribution in [-0.2, 0) is 9.53 Å². The molecule has 2 aromatic rings. The topological polar surface area (TPSA) is 92.8 Å². The molecule has 1 heterocycles. The van der Waals surface area contributed by atoms with E-state index in [2.05, 4.69) is 10.1 Å². The fourth-order valence-corrected chi connectivity index (χ4v) is 2.87. The van der Waals surface area contributed by atoms with Crippen molar-refractivity contribution in [3.63, 3.8) is 0 Å². The van der Waals surface area contributed by atoms with Gasteiger partial charge in [0.1, 0.15) is 0 Å².